The molecule has 1 saturated carbocycles. The largest absolute Gasteiger partial charge is 0.461 e. The van der Waals surface area contributed by atoms with Crippen LogP contribution >= 0.6 is 0 Å². The molecule has 0 aromatic carbocycles. The molecule has 0 atom stereocenters. The smallest absolute Gasteiger partial charge is 0.293 e. The third-order valence-electron chi connectivity index (χ3n) is 3.83. The Morgan fingerprint density at radius 2 is 1.65 bits per heavy atom. The minimum atomic E-state index is -0.196. The minimum absolute atomic E-state index is 0.167. The van der Waals surface area contributed by atoms with E-state index in [1.54, 1.807) is 0 Å². The van der Waals surface area contributed by atoms with Crippen molar-refractivity contribution >= 4 is 6.47 Å². The first-order valence-electron chi connectivity index (χ1n) is 7.00. The Labute approximate surface area is 104 Å². The number of alkyl halides is 1. The van der Waals surface area contributed by atoms with Crippen molar-refractivity contribution in [3.63, 3.8) is 0 Å². The van der Waals surface area contributed by atoms with Crippen LogP contribution in [0.1, 0.15) is 70.6 Å². The summed E-state index contributed by atoms with van der Waals surface area (Å²) in [5, 5.41) is 0. The van der Waals surface area contributed by atoms with Crippen molar-refractivity contribution in [1.29, 1.82) is 0 Å². The lowest BCUT2D eigenvalue weighted by atomic mass is 9.81. The number of carbonyl (C=O) groups excluding carboxylic acids is 1. The van der Waals surface area contributed by atoms with Crippen LogP contribution in [0.3, 0.4) is 0 Å². The normalized spacial score (nSPS) is 18.9. The molecule has 0 saturated heterocycles. The first-order valence-corrected chi connectivity index (χ1v) is 7.00. The van der Waals surface area contributed by atoms with E-state index < -0.39 is 0 Å². The molecule has 0 spiro atoms. The van der Waals surface area contributed by atoms with Crippen LogP contribution in [0.5, 0.6) is 0 Å². The van der Waals surface area contributed by atoms with Crippen molar-refractivity contribution in [1.82, 2.24) is 0 Å². The molecule has 1 aliphatic rings. The monoisotopic (exact) mass is 244 g/mol. The van der Waals surface area contributed by atoms with E-state index >= 15 is 0 Å². The lowest BCUT2D eigenvalue weighted by Gasteiger charge is -2.35. The molecule has 1 rings (SSSR count). The Bertz CT molecular complexity index is 200. The highest BCUT2D eigenvalue weighted by molar-refractivity contribution is 5.38. The molecule has 0 amide bonds. The number of ether oxygens (including phenoxy) is 1. The zero-order valence-corrected chi connectivity index (χ0v) is 10.8. The zero-order chi connectivity index (χ0) is 12.4. The molecule has 0 heterocycles. The average Bonchev–Trinajstić information content (AvgIpc) is 2.35. The van der Waals surface area contributed by atoms with Crippen molar-refractivity contribution < 1.29 is 13.9 Å². The van der Waals surface area contributed by atoms with Crippen LogP contribution in [-0.2, 0) is 9.53 Å². The second-order valence-corrected chi connectivity index (χ2v) is 5.16. The van der Waals surface area contributed by atoms with Gasteiger partial charge in [-0.1, -0.05) is 25.7 Å². The minimum Gasteiger partial charge on any atom is -0.461 e. The Hall–Kier alpha value is -0.600. The number of carbonyl (C=O) groups is 1. The van der Waals surface area contributed by atoms with Gasteiger partial charge in [0.2, 0.25) is 0 Å². The third kappa shape index (κ3) is 5.51. The van der Waals surface area contributed by atoms with Gasteiger partial charge >= 0.3 is 0 Å². The van der Waals surface area contributed by atoms with E-state index in [4.69, 9.17) is 4.74 Å². The second-order valence-electron chi connectivity index (χ2n) is 5.16. The Morgan fingerprint density at radius 3 is 2.29 bits per heavy atom. The lowest BCUT2D eigenvalue weighted by molar-refractivity contribution is -0.148. The number of halogens is 1. The van der Waals surface area contributed by atoms with E-state index in [0.29, 0.717) is 12.9 Å². The first-order chi connectivity index (χ1) is 8.33. The van der Waals surface area contributed by atoms with Crippen molar-refractivity contribution in [2.75, 3.05) is 6.67 Å². The van der Waals surface area contributed by atoms with Crippen LogP contribution in [0.15, 0.2) is 0 Å². The maximum absolute atomic E-state index is 11.9. The van der Waals surface area contributed by atoms with E-state index in [1.165, 1.54) is 19.3 Å². The SMILES string of the molecule is O=COC1(CCCCCCCF)CCCCC1. The highest BCUT2D eigenvalue weighted by atomic mass is 19.1. The topological polar surface area (TPSA) is 26.3 Å². The molecule has 0 bridgehead atoms. The molecule has 3 heteroatoms. The molecule has 1 fully saturated rings. The Kier molecular flexibility index (Phi) is 7.22. The summed E-state index contributed by atoms with van der Waals surface area (Å²) in [6.45, 7) is 0.423. The fourth-order valence-corrected chi connectivity index (χ4v) is 2.80. The van der Waals surface area contributed by atoms with Gasteiger partial charge in [-0.05, 0) is 44.9 Å². The molecule has 0 N–H and O–H groups in total. The van der Waals surface area contributed by atoms with Crippen LogP contribution in [0.2, 0.25) is 0 Å². The van der Waals surface area contributed by atoms with Gasteiger partial charge in [0, 0.05) is 0 Å². The molecule has 100 valence electrons. The van der Waals surface area contributed by atoms with Crippen molar-refractivity contribution in [2.24, 2.45) is 0 Å². The van der Waals surface area contributed by atoms with Crippen LogP contribution in [0.25, 0.3) is 0 Å². The summed E-state index contributed by atoms with van der Waals surface area (Å²) in [5.74, 6) is 0. The molecule has 17 heavy (non-hydrogen) atoms. The number of rotatable bonds is 9. The van der Waals surface area contributed by atoms with Crippen LogP contribution in [-0.4, -0.2) is 18.7 Å². The van der Waals surface area contributed by atoms with E-state index in [-0.39, 0.29) is 12.3 Å². The van der Waals surface area contributed by atoms with E-state index in [0.717, 1.165) is 44.9 Å². The van der Waals surface area contributed by atoms with Gasteiger partial charge in [0.1, 0.15) is 5.60 Å². The maximum Gasteiger partial charge on any atom is 0.293 e. The molecule has 0 radical (unpaired) electrons. The van der Waals surface area contributed by atoms with E-state index in [9.17, 15) is 9.18 Å². The predicted molar refractivity (Wildman–Crippen MR) is 66.6 cm³/mol. The standard InChI is InChI=1S/C14H25FO2/c15-12-8-3-1-2-5-9-14(17-13-16)10-6-4-7-11-14/h13H,1-12H2. The summed E-state index contributed by atoms with van der Waals surface area (Å²) in [6, 6.07) is 0. The van der Waals surface area contributed by atoms with Gasteiger partial charge in [-0.25, -0.2) is 0 Å². The van der Waals surface area contributed by atoms with Crippen LogP contribution < -0.4 is 0 Å². The molecular weight excluding hydrogens is 219 g/mol. The molecule has 1 aliphatic carbocycles. The maximum atomic E-state index is 11.9. The van der Waals surface area contributed by atoms with Crippen molar-refractivity contribution in [3.05, 3.63) is 0 Å². The van der Waals surface area contributed by atoms with Crippen LogP contribution in [0, 0.1) is 0 Å². The summed E-state index contributed by atoms with van der Waals surface area (Å²) >= 11 is 0. The fraction of sp³-hybridized carbons (Fsp3) is 0.929. The summed E-state index contributed by atoms with van der Waals surface area (Å²) in [7, 11) is 0. The highest BCUT2D eigenvalue weighted by Gasteiger charge is 2.32. The first kappa shape index (κ1) is 14.5. The predicted octanol–water partition coefficient (Wildman–Crippen LogP) is 4.17. The Morgan fingerprint density at radius 1 is 1.00 bits per heavy atom. The van der Waals surface area contributed by atoms with Gasteiger partial charge in [-0.3, -0.25) is 9.18 Å². The summed E-state index contributed by atoms with van der Waals surface area (Å²) in [5.41, 5.74) is -0.167. The second kappa shape index (κ2) is 8.48. The van der Waals surface area contributed by atoms with Gasteiger partial charge in [0.15, 0.2) is 0 Å². The fourth-order valence-electron chi connectivity index (χ4n) is 2.80. The van der Waals surface area contributed by atoms with Gasteiger partial charge in [-0.2, -0.15) is 0 Å². The number of hydrogen-bond acceptors (Lipinski definition) is 2. The molecule has 0 aromatic rings. The summed E-state index contributed by atoms with van der Waals surface area (Å²) in [4.78, 5) is 10.6. The molecule has 0 aliphatic heterocycles. The molecular formula is C14H25FO2. The van der Waals surface area contributed by atoms with Crippen molar-refractivity contribution in [2.45, 2.75) is 76.2 Å². The van der Waals surface area contributed by atoms with E-state index in [1.807, 2.05) is 0 Å². The quantitative estimate of drug-likeness (QED) is 0.449. The van der Waals surface area contributed by atoms with E-state index in [2.05, 4.69) is 0 Å². The Balaban J connectivity index is 2.17. The number of unbranched alkanes of at least 4 members (excludes halogenated alkanes) is 4. The van der Waals surface area contributed by atoms with Gasteiger partial charge in [0.05, 0.1) is 6.67 Å². The van der Waals surface area contributed by atoms with Gasteiger partial charge in [0.25, 0.3) is 6.47 Å². The average molecular weight is 244 g/mol. The summed E-state index contributed by atoms with van der Waals surface area (Å²) in [6.07, 6.45) is 11.7. The highest BCUT2D eigenvalue weighted by Crippen LogP contribution is 2.35. The molecule has 0 aromatic heterocycles. The molecule has 2 nitrogen and oxygen atoms in total. The van der Waals surface area contributed by atoms with Crippen molar-refractivity contribution in [3.8, 4) is 0 Å². The third-order valence-corrected chi connectivity index (χ3v) is 3.83. The summed E-state index contributed by atoms with van der Waals surface area (Å²) < 4.78 is 17.3. The lowest BCUT2D eigenvalue weighted by Crippen LogP contribution is -2.34. The number of hydrogen-bond donors (Lipinski definition) is 0. The van der Waals surface area contributed by atoms with Crippen LogP contribution in [0.4, 0.5) is 4.39 Å². The molecule has 0 unspecified atom stereocenters. The van der Waals surface area contributed by atoms with Gasteiger partial charge < -0.3 is 4.74 Å². The van der Waals surface area contributed by atoms with Gasteiger partial charge in [-0.15, -0.1) is 0 Å². The zero-order valence-electron chi connectivity index (χ0n) is 10.8.